The summed E-state index contributed by atoms with van der Waals surface area (Å²) in [5.74, 6) is 0. The molecule has 0 atom stereocenters. The Kier molecular flexibility index (Phi) is 2.47. The van der Waals surface area contributed by atoms with E-state index in [0.29, 0.717) is 0 Å². The van der Waals surface area contributed by atoms with E-state index in [1.165, 1.54) is 5.19 Å². The number of para-hydroxylation sites is 1. The van der Waals surface area contributed by atoms with Gasteiger partial charge in [-0.05, 0) is 11.3 Å². The third kappa shape index (κ3) is 1.59. The molecular weight excluding hydrogens is 142 g/mol. The predicted octanol–water partition coefficient (Wildman–Crippen LogP) is -0.376. The molecule has 0 aliphatic rings. The van der Waals surface area contributed by atoms with E-state index in [-0.39, 0.29) is 0 Å². The Morgan fingerprint density at radius 2 is 2.10 bits per heavy atom. The average molecular weight is 153 g/mol. The van der Waals surface area contributed by atoms with Crippen molar-refractivity contribution in [3.05, 3.63) is 24.3 Å². The molecular formula is C7H11NOSi. The number of hydrogen-bond acceptors (Lipinski definition) is 2. The first-order chi connectivity index (χ1) is 4.84. The lowest BCUT2D eigenvalue weighted by Gasteiger charge is -2.00. The Balaban J connectivity index is 2.81. The molecule has 54 valence electrons. The van der Waals surface area contributed by atoms with E-state index in [4.69, 9.17) is 10.2 Å². The first-order valence-corrected chi connectivity index (χ1v) is 4.45. The van der Waals surface area contributed by atoms with Gasteiger partial charge in [-0.15, -0.1) is 0 Å². The molecule has 2 nitrogen and oxygen atoms in total. The molecule has 1 aromatic rings. The van der Waals surface area contributed by atoms with E-state index >= 15 is 0 Å². The minimum atomic E-state index is -0.555. The van der Waals surface area contributed by atoms with Crippen molar-refractivity contribution in [3.8, 4) is 0 Å². The summed E-state index contributed by atoms with van der Waals surface area (Å²) >= 11 is 0. The first-order valence-electron chi connectivity index (χ1n) is 3.17. The third-order valence-electron chi connectivity index (χ3n) is 1.35. The summed E-state index contributed by atoms with van der Waals surface area (Å²) in [4.78, 5) is 0. The van der Waals surface area contributed by atoms with Crippen LogP contribution in [0.25, 0.3) is 0 Å². The van der Waals surface area contributed by atoms with Gasteiger partial charge in [0.1, 0.15) is 0 Å². The fourth-order valence-corrected chi connectivity index (χ4v) is 1.65. The van der Waals surface area contributed by atoms with Gasteiger partial charge < -0.3 is 10.2 Å². The van der Waals surface area contributed by atoms with Crippen LogP contribution in [0.3, 0.4) is 0 Å². The highest BCUT2D eigenvalue weighted by atomic mass is 28.2. The molecule has 0 amide bonds. The van der Waals surface area contributed by atoms with Gasteiger partial charge in [-0.1, -0.05) is 18.2 Å². The van der Waals surface area contributed by atoms with Gasteiger partial charge in [-0.3, -0.25) is 0 Å². The number of hydrogen-bond donors (Lipinski definition) is 1. The molecule has 0 aliphatic heterocycles. The standard InChI is InChI=1S/C7H11NOSi/c1-9-10-7-5-3-2-4-6(7)8/h2-5H,8,10H2,1H3. The molecule has 0 unspecified atom stereocenters. The smallest absolute Gasteiger partial charge is 0.193 e. The third-order valence-corrected chi connectivity index (χ3v) is 2.60. The Bertz CT molecular complexity index is 215. The summed E-state index contributed by atoms with van der Waals surface area (Å²) in [5.41, 5.74) is 6.52. The van der Waals surface area contributed by atoms with Crippen molar-refractivity contribution in [2.24, 2.45) is 0 Å². The molecule has 0 radical (unpaired) electrons. The highest BCUT2D eigenvalue weighted by molar-refractivity contribution is 6.49. The molecule has 0 saturated heterocycles. The highest BCUT2D eigenvalue weighted by Crippen LogP contribution is 1.94. The van der Waals surface area contributed by atoms with E-state index in [0.717, 1.165) is 5.69 Å². The number of benzene rings is 1. The lowest BCUT2D eigenvalue weighted by molar-refractivity contribution is 0.450. The maximum atomic E-state index is 5.66. The summed E-state index contributed by atoms with van der Waals surface area (Å²) in [7, 11) is 1.17. The van der Waals surface area contributed by atoms with Crippen molar-refractivity contribution < 1.29 is 4.43 Å². The molecule has 3 heteroatoms. The zero-order valence-electron chi connectivity index (χ0n) is 6.00. The van der Waals surface area contributed by atoms with Gasteiger partial charge in [-0.25, -0.2) is 0 Å². The first kappa shape index (κ1) is 7.31. The number of nitrogen functional groups attached to an aromatic ring is 1. The maximum Gasteiger partial charge on any atom is 0.193 e. The fourth-order valence-electron chi connectivity index (χ4n) is 0.821. The Labute approximate surface area is 62.9 Å². The van der Waals surface area contributed by atoms with E-state index in [1.54, 1.807) is 7.11 Å². The Morgan fingerprint density at radius 1 is 1.40 bits per heavy atom. The van der Waals surface area contributed by atoms with Crippen molar-refractivity contribution >= 4 is 20.6 Å². The van der Waals surface area contributed by atoms with E-state index < -0.39 is 9.76 Å². The molecule has 1 aromatic carbocycles. The fraction of sp³-hybridized carbons (Fsp3) is 0.143. The summed E-state index contributed by atoms with van der Waals surface area (Å²) < 4.78 is 5.07. The lowest BCUT2D eigenvalue weighted by Crippen LogP contribution is -2.19. The Hall–Kier alpha value is -0.803. The molecule has 2 N–H and O–H groups in total. The Morgan fingerprint density at radius 3 is 2.70 bits per heavy atom. The molecule has 1 rings (SSSR count). The van der Waals surface area contributed by atoms with Crippen LogP contribution in [0.15, 0.2) is 24.3 Å². The summed E-state index contributed by atoms with van der Waals surface area (Å²) in [6.45, 7) is 0. The minimum Gasteiger partial charge on any atom is -0.422 e. The van der Waals surface area contributed by atoms with Crippen molar-refractivity contribution in [2.45, 2.75) is 0 Å². The van der Waals surface area contributed by atoms with Gasteiger partial charge in [0.15, 0.2) is 9.76 Å². The maximum absolute atomic E-state index is 5.66. The normalized spacial score (nSPS) is 10.9. The van der Waals surface area contributed by atoms with Gasteiger partial charge in [0, 0.05) is 12.8 Å². The van der Waals surface area contributed by atoms with Crippen molar-refractivity contribution in [1.29, 1.82) is 0 Å². The van der Waals surface area contributed by atoms with E-state index in [2.05, 4.69) is 0 Å². The average Bonchev–Trinajstić information content (AvgIpc) is 1.94. The summed E-state index contributed by atoms with van der Waals surface area (Å²) in [6.07, 6.45) is 0. The van der Waals surface area contributed by atoms with Crippen LogP contribution < -0.4 is 10.9 Å². The minimum absolute atomic E-state index is 0.555. The van der Waals surface area contributed by atoms with Crippen LogP contribution in [0.5, 0.6) is 0 Å². The van der Waals surface area contributed by atoms with Crippen molar-refractivity contribution in [1.82, 2.24) is 0 Å². The summed E-state index contributed by atoms with van der Waals surface area (Å²) in [5, 5.41) is 1.19. The highest BCUT2D eigenvalue weighted by Gasteiger charge is 1.94. The quantitative estimate of drug-likeness (QED) is 0.464. The van der Waals surface area contributed by atoms with Crippen LogP contribution in [0.2, 0.25) is 0 Å². The molecule has 10 heavy (non-hydrogen) atoms. The zero-order chi connectivity index (χ0) is 7.40. The predicted molar refractivity (Wildman–Crippen MR) is 46.0 cm³/mol. The van der Waals surface area contributed by atoms with Crippen LogP contribution in [-0.4, -0.2) is 16.9 Å². The van der Waals surface area contributed by atoms with E-state index in [9.17, 15) is 0 Å². The SMILES string of the molecule is CO[SiH2]c1ccccc1N. The van der Waals surface area contributed by atoms with Gasteiger partial charge in [0.2, 0.25) is 0 Å². The molecule has 0 spiro atoms. The lowest BCUT2D eigenvalue weighted by atomic mass is 10.3. The molecule has 0 heterocycles. The van der Waals surface area contributed by atoms with Gasteiger partial charge >= 0.3 is 0 Å². The number of anilines is 1. The second kappa shape index (κ2) is 3.39. The molecule has 0 aromatic heterocycles. The van der Waals surface area contributed by atoms with Gasteiger partial charge in [0.05, 0.1) is 0 Å². The molecule has 0 aliphatic carbocycles. The summed E-state index contributed by atoms with van der Waals surface area (Å²) in [6, 6.07) is 7.84. The molecule has 0 bridgehead atoms. The van der Waals surface area contributed by atoms with E-state index in [1.807, 2.05) is 24.3 Å². The second-order valence-corrected chi connectivity index (χ2v) is 3.76. The number of nitrogens with two attached hydrogens (primary N) is 1. The van der Waals surface area contributed by atoms with Crippen molar-refractivity contribution in [2.75, 3.05) is 12.8 Å². The monoisotopic (exact) mass is 153 g/mol. The van der Waals surface area contributed by atoms with Gasteiger partial charge in [-0.2, -0.15) is 0 Å². The molecule has 0 fully saturated rings. The largest absolute Gasteiger partial charge is 0.422 e. The van der Waals surface area contributed by atoms with Gasteiger partial charge in [0.25, 0.3) is 0 Å². The van der Waals surface area contributed by atoms with Crippen LogP contribution in [-0.2, 0) is 4.43 Å². The van der Waals surface area contributed by atoms with Crippen LogP contribution >= 0.6 is 0 Å². The topological polar surface area (TPSA) is 35.2 Å². The van der Waals surface area contributed by atoms with Crippen LogP contribution in [0, 0.1) is 0 Å². The van der Waals surface area contributed by atoms with Crippen LogP contribution in [0.1, 0.15) is 0 Å². The zero-order valence-corrected chi connectivity index (χ0v) is 7.42. The molecule has 0 saturated carbocycles. The van der Waals surface area contributed by atoms with Crippen molar-refractivity contribution in [3.63, 3.8) is 0 Å². The second-order valence-electron chi connectivity index (χ2n) is 2.13. The number of rotatable bonds is 2. The van der Waals surface area contributed by atoms with Crippen LogP contribution in [0.4, 0.5) is 5.69 Å².